The summed E-state index contributed by atoms with van der Waals surface area (Å²) >= 11 is 0. The van der Waals surface area contributed by atoms with E-state index in [0.717, 1.165) is 70.2 Å². The Kier molecular flexibility index (Phi) is 8.72. The largest absolute Gasteiger partial charge is 0.393 e. The van der Waals surface area contributed by atoms with Crippen molar-refractivity contribution in [2.45, 2.75) is 127 Å². The third kappa shape index (κ3) is 6.01. The van der Waals surface area contributed by atoms with Gasteiger partial charge >= 0.3 is 0 Å². The SMILES string of the molecule is OC1CC[C@@H](O)C(C2=CCC(OC(O)C3CCN(C4CC=C(N5C(O)CCC5O)CC4)CC3)CC2)C1. The maximum Gasteiger partial charge on any atom is 0.157 e. The zero-order valence-corrected chi connectivity index (χ0v) is 21.5. The van der Waals surface area contributed by atoms with E-state index in [-0.39, 0.29) is 30.1 Å². The summed E-state index contributed by atoms with van der Waals surface area (Å²) in [6, 6.07) is 0.486. The third-order valence-corrected chi connectivity index (χ3v) is 9.50. The molecule has 2 saturated heterocycles. The van der Waals surface area contributed by atoms with Crippen molar-refractivity contribution in [1.82, 2.24) is 9.80 Å². The summed E-state index contributed by atoms with van der Waals surface area (Å²) in [7, 11) is 0. The molecule has 3 fully saturated rings. The Morgan fingerprint density at radius 2 is 1.56 bits per heavy atom. The number of rotatable bonds is 6. The second kappa shape index (κ2) is 11.8. The van der Waals surface area contributed by atoms with Crippen molar-refractivity contribution in [3.05, 3.63) is 23.4 Å². The van der Waals surface area contributed by atoms with Crippen LogP contribution in [0.3, 0.4) is 0 Å². The van der Waals surface area contributed by atoms with E-state index in [2.05, 4.69) is 17.1 Å². The van der Waals surface area contributed by atoms with E-state index in [1.54, 1.807) is 4.90 Å². The molecule has 204 valence electrons. The molecular formula is C28H46N2O6. The van der Waals surface area contributed by atoms with E-state index >= 15 is 0 Å². The van der Waals surface area contributed by atoms with Crippen LogP contribution in [-0.4, -0.2) is 91.5 Å². The van der Waals surface area contributed by atoms with Crippen molar-refractivity contribution in [1.29, 1.82) is 0 Å². The molecule has 0 amide bonds. The first-order valence-corrected chi connectivity index (χ1v) is 14.3. The van der Waals surface area contributed by atoms with Crippen LogP contribution in [0.2, 0.25) is 0 Å². The van der Waals surface area contributed by atoms with Crippen molar-refractivity contribution in [2.75, 3.05) is 13.1 Å². The summed E-state index contributed by atoms with van der Waals surface area (Å²) in [6.45, 7) is 1.93. The van der Waals surface area contributed by atoms with Crippen molar-refractivity contribution >= 4 is 0 Å². The molecule has 7 unspecified atom stereocenters. The molecule has 1 saturated carbocycles. The number of likely N-dealkylation sites (tertiary alicyclic amines) is 2. The van der Waals surface area contributed by atoms with Crippen LogP contribution in [-0.2, 0) is 4.74 Å². The van der Waals surface area contributed by atoms with Crippen LogP contribution in [0.1, 0.15) is 83.5 Å². The minimum atomic E-state index is -0.731. The number of aliphatic hydroxyl groups excluding tert-OH is 5. The molecule has 3 aliphatic carbocycles. The Labute approximate surface area is 215 Å². The van der Waals surface area contributed by atoms with Gasteiger partial charge in [-0.15, -0.1) is 0 Å². The molecular weight excluding hydrogens is 460 g/mol. The Hall–Kier alpha value is -1.00. The normalized spacial score (nSPS) is 40.1. The summed E-state index contributed by atoms with van der Waals surface area (Å²) in [6.07, 6.45) is 12.4. The fraction of sp³-hybridized carbons (Fsp3) is 0.857. The molecule has 0 bridgehead atoms. The molecule has 0 aromatic rings. The molecule has 0 aromatic carbocycles. The van der Waals surface area contributed by atoms with Gasteiger partial charge in [-0.1, -0.05) is 17.7 Å². The smallest absolute Gasteiger partial charge is 0.157 e. The molecule has 5 aliphatic rings. The van der Waals surface area contributed by atoms with Gasteiger partial charge in [0.05, 0.1) is 18.3 Å². The molecule has 2 heterocycles. The number of ether oxygens (including phenoxy) is 1. The van der Waals surface area contributed by atoms with E-state index in [4.69, 9.17) is 4.74 Å². The molecule has 5 N–H and O–H groups in total. The van der Waals surface area contributed by atoms with Gasteiger partial charge in [0.15, 0.2) is 6.29 Å². The highest BCUT2D eigenvalue weighted by molar-refractivity contribution is 5.14. The molecule has 0 aromatic heterocycles. The predicted molar refractivity (Wildman–Crippen MR) is 135 cm³/mol. The summed E-state index contributed by atoms with van der Waals surface area (Å²) in [5.74, 6) is 0.228. The van der Waals surface area contributed by atoms with E-state index in [1.165, 1.54) is 5.57 Å². The minimum Gasteiger partial charge on any atom is -0.393 e. The van der Waals surface area contributed by atoms with Crippen LogP contribution in [0, 0.1) is 11.8 Å². The van der Waals surface area contributed by atoms with Gasteiger partial charge in [-0.05, 0) is 96.6 Å². The van der Waals surface area contributed by atoms with Crippen molar-refractivity contribution in [3.8, 4) is 0 Å². The van der Waals surface area contributed by atoms with Crippen LogP contribution in [0.5, 0.6) is 0 Å². The first-order chi connectivity index (χ1) is 17.4. The highest BCUT2D eigenvalue weighted by atomic mass is 16.6. The minimum absolute atomic E-state index is 0.0191. The van der Waals surface area contributed by atoms with Gasteiger partial charge in [0, 0.05) is 23.6 Å². The summed E-state index contributed by atoms with van der Waals surface area (Å²) in [4.78, 5) is 4.33. The molecule has 8 nitrogen and oxygen atoms in total. The Balaban J connectivity index is 1.04. The van der Waals surface area contributed by atoms with Crippen LogP contribution in [0.4, 0.5) is 0 Å². The highest BCUT2D eigenvalue weighted by Crippen LogP contribution is 2.37. The lowest BCUT2D eigenvalue weighted by molar-refractivity contribution is -0.176. The summed E-state index contributed by atoms with van der Waals surface area (Å²) in [5.41, 5.74) is 2.34. The topological polar surface area (TPSA) is 117 Å². The molecule has 2 aliphatic heterocycles. The quantitative estimate of drug-likeness (QED) is 0.275. The number of nitrogens with zero attached hydrogens (tertiary/aromatic N) is 2. The zero-order chi connectivity index (χ0) is 25.2. The van der Waals surface area contributed by atoms with Crippen LogP contribution >= 0.6 is 0 Å². The lowest BCUT2D eigenvalue weighted by Crippen LogP contribution is -2.46. The molecule has 5 rings (SSSR count). The first kappa shape index (κ1) is 26.6. The van der Waals surface area contributed by atoms with E-state index in [9.17, 15) is 25.5 Å². The van der Waals surface area contributed by atoms with Crippen LogP contribution in [0.25, 0.3) is 0 Å². The van der Waals surface area contributed by atoms with Crippen LogP contribution in [0.15, 0.2) is 23.4 Å². The van der Waals surface area contributed by atoms with Crippen LogP contribution < -0.4 is 0 Å². The maximum absolute atomic E-state index is 10.8. The number of hydrogen-bond acceptors (Lipinski definition) is 8. The average Bonchev–Trinajstić information content (AvgIpc) is 3.24. The molecule has 0 spiro atoms. The standard InChI is InChI=1S/C28H46N2O6/c31-22-7-10-25(32)24(17-22)18-1-8-23(9-2-18)36-28(35)19-13-15-29(16-14-19)20-3-5-21(6-4-20)30-26(33)11-12-27(30)34/h1,5,19-20,22-28,31-35H,2-4,6-17H2/t20?,22?,23?,24?,25-,26?,27?,28?/m1/s1. The first-order valence-electron chi connectivity index (χ1n) is 14.3. The second-order valence-corrected chi connectivity index (χ2v) is 11.8. The molecule has 0 radical (unpaired) electrons. The van der Waals surface area contributed by atoms with Crippen molar-refractivity contribution < 1.29 is 30.3 Å². The van der Waals surface area contributed by atoms with Gasteiger partial charge in [-0.2, -0.15) is 0 Å². The second-order valence-electron chi connectivity index (χ2n) is 11.8. The van der Waals surface area contributed by atoms with E-state index < -0.39 is 18.7 Å². The zero-order valence-electron chi connectivity index (χ0n) is 21.5. The van der Waals surface area contributed by atoms with Gasteiger partial charge in [0.2, 0.25) is 0 Å². The number of hydrogen-bond donors (Lipinski definition) is 5. The summed E-state index contributed by atoms with van der Waals surface area (Å²) in [5, 5.41) is 51.5. The van der Waals surface area contributed by atoms with Gasteiger partial charge in [-0.3, -0.25) is 0 Å². The number of allylic oxidation sites excluding steroid dienone is 1. The monoisotopic (exact) mass is 506 g/mol. The molecule has 36 heavy (non-hydrogen) atoms. The summed E-state index contributed by atoms with van der Waals surface area (Å²) < 4.78 is 6.10. The van der Waals surface area contributed by atoms with Gasteiger partial charge in [0.1, 0.15) is 12.5 Å². The van der Waals surface area contributed by atoms with Crippen molar-refractivity contribution in [3.63, 3.8) is 0 Å². The average molecular weight is 507 g/mol. The fourth-order valence-electron chi connectivity index (χ4n) is 7.23. The third-order valence-electron chi connectivity index (χ3n) is 9.50. The fourth-order valence-corrected chi connectivity index (χ4v) is 7.23. The maximum atomic E-state index is 10.8. The Bertz CT molecular complexity index is 787. The number of aliphatic hydroxyl groups is 5. The Morgan fingerprint density at radius 3 is 2.19 bits per heavy atom. The highest BCUT2D eigenvalue weighted by Gasteiger charge is 2.36. The van der Waals surface area contributed by atoms with Gasteiger partial charge < -0.3 is 40.1 Å². The number of piperidine rings is 1. The van der Waals surface area contributed by atoms with Crippen molar-refractivity contribution in [2.24, 2.45) is 11.8 Å². The van der Waals surface area contributed by atoms with E-state index in [1.807, 2.05) is 0 Å². The van der Waals surface area contributed by atoms with Gasteiger partial charge in [0.25, 0.3) is 0 Å². The lowest BCUT2D eigenvalue weighted by Gasteiger charge is -2.41. The Morgan fingerprint density at radius 1 is 0.806 bits per heavy atom. The predicted octanol–water partition coefficient (Wildman–Crippen LogP) is 2.20. The van der Waals surface area contributed by atoms with E-state index in [0.29, 0.717) is 38.1 Å². The molecule has 8 heteroatoms. The molecule has 8 atom stereocenters. The van der Waals surface area contributed by atoms with Gasteiger partial charge in [-0.25, -0.2) is 0 Å². The lowest BCUT2D eigenvalue weighted by atomic mass is 9.76.